The fourth-order valence-corrected chi connectivity index (χ4v) is 2.46. The molecule has 1 rings (SSSR count). The first-order chi connectivity index (χ1) is 7.43. The Bertz CT molecular complexity index is 284. The van der Waals surface area contributed by atoms with Gasteiger partial charge in [-0.15, -0.1) is 0 Å². The molecule has 16 heavy (non-hydrogen) atoms. The topological polar surface area (TPSA) is 12.0 Å². The molecule has 1 aromatic rings. The van der Waals surface area contributed by atoms with E-state index in [2.05, 4.69) is 56.9 Å². The maximum atomic E-state index is 3.45. The smallest absolute Gasteiger partial charge is 0.0107 e. The first-order valence-electron chi connectivity index (χ1n) is 6.12. The van der Waals surface area contributed by atoms with E-state index in [1.807, 2.05) is 0 Å². The Morgan fingerprint density at radius 2 is 2.06 bits per heavy atom. The summed E-state index contributed by atoms with van der Waals surface area (Å²) in [5.41, 5.74) is 1.87. The zero-order chi connectivity index (χ0) is 12.2. The van der Waals surface area contributed by atoms with Gasteiger partial charge in [0.15, 0.2) is 0 Å². The first-order valence-corrected chi connectivity index (χ1v) is 7.06. The van der Waals surface area contributed by atoms with Crippen LogP contribution in [0, 0.1) is 11.3 Å². The van der Waals surface area contributed by atoms with Crippen LogP contribution < -0.4 is 5.32 Å². The Morgan fingerprint density at radius 1 is 1.38 bits per heavy atom. The Morgan fingerprint density at radius 3 is 2.50 bits per heavy atom. The predicted molar refractivity (Wildman–Crippen MR) is 74.1 cm³/mol. The van der Waals surface area contributed by atoms with Crippen molar-refractivity contribution in [2.75, 3.05) is 7.05 Å². The molecule has 0 aliphatic rings. The van der Waals surface area contributed by atoms with Gasteiger partial charge in [-0.3, -0.25) is 0 Å². The lowest BCUT2D eigenvalue weighted by atomic mass is 9.78. The summed E-state index contributed by atoms with van der Waals surface area (Å²) in [4.78, 5) is 0. The summed E-state index contributed by atoms with van der Waals surface area (Å²) < 4.78 is 0. The molecule has 2 unspecified atom stereocenters. The standard InChI is InChI=1S/C14H25NS/c1-11(14(2,3)4)8-13(15-5)9-12-6-7-16-10-12/h6-7,10-11,13,15H,8-9H2,1-5H3. The molecule has 0 aliphatic heterocycles. The summed E-state index contributed by atoms with van der Waals surface area (Å²) in [5.74, 6) is 0.739. The van der Waals surface area contributed by atoms with Gasteiger partial charge in [-0.1, -0.05) is 27.7 Å². The van der Waals surface area contributed by atoms with E-state index in [0.29, 0.717) is 11.5 Å². The van der Waals surface area contributed by atoms with Crippen molar-refractivity contribution in [2.45, 2.75) is 46.6 Å². The molecule has 0 saturated heterocycles. The molecule has 0 saturated carbocycles. The lowest BCUT2D eigenvalue weighted by Crippen LogP contribution is -2.32. The van der Waals surface area contributed by atoms with Crippen LogP contribution in [0.1, 0.15) is 39.7 Å². The molecular weight excluding hydrogens is 214 g/mol. The fraction of sp³-hybridized carbons (Fsp3) is 0.714. The lowest BCUT2D eigenvalue weighted by Gasteiger charge is -2.30. The molecule has 1 heterocycles. The average Bonchev–Trinajstić information content (AvgIpc) is 2.67. The van der Waals surface area contributed by atoms with E-state index in [1.54, 1.807) is 11.3 Å². The molecule has 92 valence electrons. The second-order valence-corrected chi connectivity index (χ2v) is 6.60. The molecule has 0 aromatic carbocycles. The van der Waals surface area contributed by atoms with Crippen molar-refractivity contribution in [2.24, 2.45) is 11.3 Å². The van der Waals surface area contributed by atoms with E-state index < -0.39 is 0 Å². The number of thiophene rings is 1. The molecule has 0 fully saturated rings. The van der Waals surface area contributed by atoms with Crippen molar-refractivity contribution in [1.29, 1.82) is 0 Å². The van der Waals surface area contributed by atoms with Gasteiger partial charge in [0.1, 0.15) is 0 Å². The highest BCUT2D eigenvalue weighted by Gasteiger charge is 2.23. The second kappa shape index (κ2) is 5.83. The number of hydrogen-bond donors (Lipinski definition) is 1. The Balaban J connectivity index is 2.49. The number of nitrogens with one attached hydrogen (secondary N) is 1. The van der Waals surface area contributed by atoms with Crippen LogP contribution in [0.3, 0.4) is 0 Å². The zero-order valence-electron chi connectivity index (χ0n) is 11.2. The molecule has 1 aromatic heterocycles. The van der Waals surface area contributed by atoms with Crippen LogP contribution in [0.4, 0.5) is 0 Å². The van der Waals surface area contributed by atoms with E-state index in [4.69, 9.17) is 0 Å². The first kappa shape index (κ1) is 13.7. The van der Waals surface area contributed by atoms with Crippen molar-refractivity contribution in [1.82, 2.24) is 5.32 Å². The highest BCUT2D eigenvalue weighted by Crippen LogP contribution is 2.29. The highest BCUT2D eigenvalue weighted by molar-refractivity contribution is 7.07. The maximum absolute atomic E-state index is 3.45. The van der Waals surface area contributed by atoms with Gasteiger partial charge in [-0.2, -0.15) is 11.3 Å². The zero-order valence-corrected chi connectivity index (χ0v) is 12.0. The normalized spacial score (nSPS) is 16.1. The third-order valence-electron chi connectivity index (χ3n) is 3.59. The summed E-state index contributed by atoms with van der Waals surface area (Å²) in [6.45, 7) is 9.34. The molecule has 0 amide bonds. The van der Waals surface area contributed by atoms with Gasteiger partial charge in [0.2, 0.25) is 0 Å². The Labute approximate surface area is 104 Å². The molecule has 2 atom stereocenters. The van der Waals surface area contributed by atoms with Gasteiger partial charge in [0.25, 0.3) is 0 Å². The number of hydrogen-bond acceptors (Lipinski definition) is 2. The van der Waals surface area contributed by atoms with Crippen LogP contribution in [-0.2, 0) is 6.42 Å². The van der Waals surface area contributed by atoms with Crippen molar-refractivity contribution in [3.05, 3.63) is 22.4 Å². The van der Waals surface area contributed by atoms with Crippen LogP contribution in [-0.4, -0.2) is 13.1 Å². The second-order valence-electron chi connectivity index (χ2n) is 5.82. The maximum Gasteiger partial charge on any atom is 0.0107 e. The minimum absolute atomic E-state index is 0.406. The largest absolute Gasteiger partial charge is 0.317 e. The van der Waals surface area contributed by atoms with Gasteiger partial charge < -0.3 is 5.32 Å². The fourth-order valence-electron chi connectivity index (χ4n) is 1.78. The Hall–Kier alpha value is -0.340. The van der Waals surface area contributed by atoms with Crippen LogP contribution in [0.25, 0.3) is 0 Å². The summed E-state index contributed by atoms with van der Waals surface area (Å²) in [5, 5.41) is 7.87. The van der Waals surface area contributed by atoms with Crippen molar-refractivity contribution in [3.8, 4) is 0 Å². The summed E-state index contributed by atoms with van der Waals surface area (Å²) in [6, 6.07) is 2.83. The summed E-state index contributed by atoms with van der Waals surface area (Å²) >= 11 is 1.79. The van der Waals surface area contributed by atoms with Gasteiger partial charge in [0, 0.05) is 6.04 Å². The third kappa shape index (κ3) is 4.26. The monoisotopic (exact) mass is 239 g/mol. The van der Waals surface area contributed by atoms with E-state index in [1.165, 1.54) is 12.0 Å². The van der Waals surface area contributed by atoms with Crippen molar-refractivity contribution < 1.29 is 0 Å². The molecule has 0 bridgehead atoms. The van der Waals surface area contributed by atoms with Crippen molar-refractivity contribution in [3.63, 3.8) is 0 Å². The van der Waals surface area contributed by atoms with E-state index in [-0.39, 0.29) is 0 Å². The molecular formula is C14H25NS. The van der Waals surface area contributed by atoms with Crippen LogP contribution >= 0.6 is 11.3 Å². The van der Waals surface area contributed by atoms with E-state index >= 15 is 0 Å². The molecule has 2 heteroatoms. The quantitative estimate of drug-likeness (QED) is 0.820. The minimum Gasteiger partial charge on any atom is -0.317 e. The van der Waals surface area contributed by atoms with E-state index in [0.717, 1.165) is 12.3 Å². The minimum atomic E-state index is 0.406. The Kier molecular flexibility index (Phi) is 5.00. The van der Waals surface area contributed by atoms with Gasteiger partial charge in [-0.25, -0.2) is 0 Å². The number of likely N-dealkylation sites (N-methyl/N-ethyl adjacent to an activating group) is 1. The van der Waals surface area contributed by atoms with Crippen LogP contribution in [0.15, 0.2) is 16.8 Å². The van der Waals surface area contributed by atoms with E-state index in [9.17, 15) is 0 Å². The molecule has 0 spiro atoms. The number of rotatable bonds is 5. The van der Waals surface area contributed by atoms with Gasteiger partial charge in [-0.05, 0) is 53.6 Å². The highest BCUT2D eigenvalue weighted by atomic mass is 32.1. The molecule has 0 aliphatic carbocycles. The molecule has 0 radical (unpaired) electrons. The van der Waals surface area contributed by atoms with Gasteiger partial charge >= 0.3 is 0 Å². The third-order valence-corrected chi connectivity index (χ3v) is 4.32. The SMILES string of the molecule is CNC(Cc1ccsc1)CC(C)C(C)(C)C. The molecule has 1 N–H and O–H groups in total. The van der Waals surface area contributed by atoms with Crippen molar-refractivity contribution >= 4 is 11.3 Å². The molecule has 1 nitrogen and oxygen atoms in total. The van der Waals surface area contributed by atoms with Gasteiger partial charge in [0.05, 0.1) is 0 Å². The average molecular weight is 239 g/mol. The summed E-state index contributed by atoms with van der Waals surface area (Å²) in [6.07, 6.45) is 2.40. The van der Waals surface area contributed by atoms with Crippen LogP contribution in [0.5, 0.6) is 0 Å². The summed E-state index contributed by atoms with van der Waals surface area (Å²) in [7, 11) is 2.08. The predicted octanol–water partition coefficient (Wildman–Crippen LogP) is 3.95. The lowest BCUT2D eigenvalue weighted by molar-refractivity contribution is 0.225. The van der Waals surface area contributed by atoms with Crippen LogP contribution in [0.2, 0.25) is 0 Å².